The van der Waals surface area contributed by atoms with E-state index in [1.807, 2.05) is 0 Å². The molecule has 0 aliphatic carbocycles. The molecular weight excluding hydrogens is 377 g/mol. The monoisotopic (exact) mass is 397 g/mol. The minimum atomic E-state index is -0.757. The number of nitrogens with zero attached hydrogens (tertiary/aromatic N) is 3. The van der Waals surface area contributed by atoms with E-state index in [1.54, 1.807) is 36.9 Å². The maximum atomic E-state index is 12.4. The lowest BCUT2D eigenvalue weighted by Gasteiger charge is -2.19. The molecule has 0 saturated carbocycles. The number of aromatic nitrogens is 3. The quantitative estimate of drug-likeness (QED) is 0.810. The van der Waals surface area contributed by atoms with Gasteiger partial charge in [0.2, 0.25) is 5.95 Å². The van der Waals surface area contributed by atoms with Crippen LogP contribution in [0.25, 0.3) is 0 Å². The van der Waals surface area contributed by atoms with E-state index in [2.05, 4.69) is 20.7 Å². The lowest BCUT2D eigenvalue weighted by Crippen LogP contribution is -2.31. The Bertz CT molecular complexity index is 789. The van der Waals surface area contributed by atoms with Crippen molar-refractivity contribution in [2.75, 3.05) is 18.4 Å². The minimum Gasteiger partial charge on any atom is -0.479 e. The van der Waals surface area contributed by atoms with Crippen molar-refractivity contribution < 1.29 is 9.53 Å². The fourth-order valence-electron chi connectivity index (χ4n) is 2.79. The predicted molar refractivity (Wildman–Crippen MR) is 101 cm³/mol. The number of rotatable bonds is 5. The van der Waals surface area contributed by atoms with Gasteiger partial charge in [-0.1, -0.05) is 23.2 Å². The number of amides is 1. The standard InChI is InChI=1S/C17H21Cl2N5O2/c1-10(26-14-4-3-12(18)9-13(14)19)16(25)22-17-21-15(23-24(17)2)11-5-7-20-8-6-11/h3-4,9-11,20H,5-8H2,1-2H3,(H,21,22,23,25). The zero-order valence-electron chi connectivity index (χ0n) is 14.6. The van der Waals surface area contributed by atoms with Crippen LogP contribution < -0.4 is 15.4 Å². The number of aryl methyl sites for hydroxylation is 1. The molecule has 1 aliphatic heterocycles. The number of nitrogens with one attached hydrogen (secondary N) is 2. The van der Waals surface area contributed by atoms with E-state index in [1.165, 1.54) is 0 Å². The molecule has 1 fully saturated rings. The molecule has 2 N–H and O–H groups in total. The number of benzene rings is 1. The van der Waals surface area contributed by atoms with E-state index in [0.717, 1.165) is 31.8 Å². The third-order valence-corrected chi connectivity index (χ3v) is 4.82. The molecule has 140 valence electrons. The van der Waals surface area contributed by atoms with Crippen LogP contribution in [0.5, 0.6) is 5.75 Å². The highest BCUT2D eigenvalue weighted by molar-refractivity contribution is 6.35. The van der Waals surface area contributed by atoms with Gasteiger partial charge in [0.15, 0.2) is 11.9 Å². The Hall–Kier alpha value is -1.83. The molecule has 3 rings (SSSR count). The predicted octanol–water partition coefficient (Wildman–Crippen LogP) is 2.99. The van der Waals surface area contributed by atoms with Crippen LogP contribution in [-0.2, 0) is 11.8 Å². The summed E-state index contributed by atoms with van der Waals surface area (Å²) in [4.78, 5) is 16.9. The van der Waals surface area contributed by atoms with E-state index in [-0.39, 0.29) is 5.91 Å². The van der Waals surface area contributed by atoms with Gasteiger partial charge >= 0.3 is 0 Å². The van der Waals surface area contributed by atoms with E-state index >= 15 is 0 Å². The number of hydrogen-bond acceptors (Lipinski definition) is 5. The number of hydrogen-bond donors (Lipinski definition) is 2. The molecule has 1 aromatic carbocycles. The smallest absolute Gasteiger partial charge is 0.267 e. The molecule has 0 bridgehead atoms. The lowest BCUT2D eigenvalue weighted by atomic mass is 9.98. The second kappa shape index (κ2) is 8.24. The van der Waals surface area contributed by atoms with E-state index in [4.69, 9.17) is 27.9 Å². The molecule has 1 saturated heterocycles. The molecule has 7 nitrogen and oxygen atoms in total. The van der Waals surface area contributed by atoms with Crippen LogP contribution in [0.1, 0.15) is 31.5 Å². The van der Waals surface area contributed by atoms with Crippen molar-refractivity contribution >= 4 is 35.1 Å². The molecule has 1 amide bonds. The van der Waals surface area contributed by atoms with Crippen molar-refractivity contribution in [1.82, 2.24) is 20.1 Å². The van der Waals surface area contributed by atoms with Gasteiger partial charge in [0, 0.05) is 18.0 Å². The van der Waals surface area contributed by atoms with E-state index in [9.17, 15) is 4.79 Å². The van der Waals surface area contributed by atoms with Crippen LogP contribution >= 0.6 is 23.2 Å². The third-order valence-electron chi connectivity index (χ3n) is 4.29. The maximum absolute atomic E-state index is 12.4. The van der Waals surface area contributed by atoms with Gasteiger partial charge in [0.05, 0.1) is 5.02 Å². The van der Waals surface area contributed by atoms with Crippen LogP contribution in [0.2, 0.25) is 10.0 Å². The van der Waals surface area contributed by atoms with Gasteiger partial charge in [-0.15, -0.1) is 0 Å². The Morgan fingerprint density at radius 2 is 2.12 bits per heavy atom. The summed E-state index contributed by atoms with van der Waals surface area (Å²) in [7, 11) is 1.76. The summed E-state index contributed by atoms with van der Waals surface area (Å²) in [5.74, 6) is 1.55. The summed E-state index contributed by atoms with van der Waals surface area (Å²) in [5, 5.41) is 11.4. The van der Waals surface area contributed by atoms with Crippen LogP contribution in [0, 0.1) is 0 Å². The van der Waals surface area contributed by atoms with Crippen LogP contribution in [0.3, 0.4) is 0 Å². The molecule has 2 heterocycles. The highest BCUT2D eigenvalue weighted by Crippen LogP contribution is 2.28. The van der Waals surface area contributed by atoms with Crippen molar-refractivity contribution in [3.8, 4) is 5.75 Å². The van der Waals surface area contributed by atoms with E-state index < -0.39 is 6.10 Å². The minimum absolute atomic E-state index is 0.314. The molecule has 26 heavy (non-hydrogen) atoms. The lowest BCUT2D eigenvalue weighted by molar-refractivity contribution is -0.122. The van der Waals surface area contributed by atoms with Gasteiger partial charge in [-0.3, -0.25) is 10.1 Å². The van der Waals surface area contributed by atoms with Gasteiger partial charge in [0.25, 0.3) is 5.91 Å². The summed E-state index contributed by atoms with van der Waals surface area (Å²) in [6.07, 6.45) is 1.23. The number of ether oxygens (including phenoxy) is 1. The summed E-state index contributed by atoms with van der Waals surface area (Å²) < 4.78 is 7.21. The molecule has 0 radical (unpaired) electrons. The first-order valence-electron chi connectivity index (χ1n) is 8.48. The molecule has 1 atom stereocenters. The summed E-state index contributed by atoms with van der Waals surface area (Å²) in [6.45, 7) is 3.55. The summed E-state index contributed by atoms with van der Waals surface area (Å²) >= 11 is 11.9. The Kier molecular flexibility index (Phi) is 6.01. The van der Waals surface area contributed by atoms with Crippen molar-refractivity contribution in [2.45, 2.75) is 31.8 Å². The number of piperidine rings is 1. The first-order valence-corrected chi connectivity index (χ1v) is 9.24. The van der Waals surface area contributed by atoms with Gasteiger partial charge in [-0.05, 0) is 51.1 Å². The third kappa shape index (κ3) is 4.47. The molecule has 1 unspecified atom stereocenters. The van der Waals surface area contributed by atoms with Gasteiger partial charge in [-0.2, -0.15) is 10.1 Å². The highest BCUT2D eigenvalue weighted by Gasteiger charge is 2.23. The number of anilines is 1. The average Bonchev–Trinajstić information content (AvgIpc) is 2.98. The molecule has 1 aromatic heterocycles. The zero-order valence-corrected chi connectivity index (χ0v) is 16.1. The normalized spacial score (nSPS) is 16.3. The zero-order chi connectivity index (χ0) is 18.7. The average molecular weight is 398 g/mol. The Morgan fingerprint density at radius 1 is 1.38 bits per heavy atom. The molecule has 2 aromatic rings. The topological polar surface area (TPSA) is 81.1 Å². The van der Waals surface area contributed by atoms with E-state index in [0.29, 0.717) is 27.7 Å². The van der Waals surface area contributed by atoms with Crippen molar-refractivity contribution in [3.63, 3.8) is 0 Å². The second-order valence-corrected chi connectivity index (χ2v) is 7.11. The summed E-state index contributed by atoms with van der Waals surface area (Å²) in [6, 6.07) is 4.85. The first kappa shape index (κ1) is 18.9. The molecular formula is C17H21Cl2N5O2. The van der Waals surface area contributed by atoms with Crippen molar-refractivity contribution in [1.29, 1.82) is 0 Å². The molecule has 0 spiro atoms. The molecule has 1 aliphatic rings. The van der Waals surface area contributed by atoms with Crippen LogP contribution in [0.4, 0.5) is 5.95 Å². The summed E-state index contributed by atoms with van der Waals surface area (Å²) in [5.41, 5.74) is 0. The molecule has 9 heteroatoms. The Labute approximate surface area is 162 Å². The number of halogens is 2. The SMILES string of the molecule is CC(Oc1ccc(Cl)cc1Cl)C(=O)Nc1nc(C2CCNCC2)nn1C. The van der Waals surface area contributed by atoms with Crippen molar-refractivity contribution in [2.24, 2.45) is 7.05 Å². The Balaban J connectivity index is 1.64. The van der Waals surface area contributed by atoms with Gasteiger partial charge < -0.3 is 10.1 Å². The second-order valence-electron chi connectivity index (χ2n) is 6.27. The van der Waals surface area contributed by atoms with Gasteiger partial charge in [0.1, 0.15) is 5.75 Å². The largest absolute Gasteiger partial charge is 0.479 e. The maximum Gasteiger partial charge on any atom is 0.267 e. The number of carbonyl (C=O) groups is 1. The fourth-order valence-corrected chi connectivity index (χ4v) is 3.25. The first-order chi connectivity index (χ1) is 12.4. The van der Waals surface area contributed by atoms with Crippen LogP contribution in [0.15, 0.2) is 18.2 Å². The fraction of sp³-hybridized carbons (Fsp3) is 0.471. The van der Waals surface area contributed by atoms with Gasteiger partial charge in [-0.25, -0.2) is 4.68 Å². The Morgan fingerprint density at radius 3 is 2.81 bits per heavy atom. The highest BCUT2D eigenvalue weighted by atomic mass is 35.5. The van der Waals surface area contributed by atoms with Crippen LogP contribution in [-0.4, -0.2) is 39.9 Å². The van der Waals surface area contributed by atoms with Crippen molar-refractivity contribution in [3.05, 3.63) is 34.1 Å². The number of carbonyl (C=O) groups excluding carboxylic acids is 1.